The number of benzene rings is 1. The number of methoxy groups -OCH3 is 2. The molecule has 9 nitrogen and oxygen atoms in total. The lowest BCUT2D eigenvalue weighted by molar-refractivity contribution is 0.395. The van der Waals surface area contributed by atoms with Crippen molar-refractivity contribution in [2.24, 2.45) is 0 Å². The molecule has 0 amide bonds. The standard InChI is InChI=1S/C18H21N7O2/c1-26-14-3-4-15(16(7-14)27-2)23-17-8-18(21-11-20-17)24-6-5-13(9-24)25-12-19-10-22-25/h3-4,7-8,10-13H,5-6,9H2,1-2H3,(H,20,21,23). The van der Waals surface area contributed by atoms with Crippen LogP contribution in [0.15, 0.2) is 43.2 Å². The zero-order valence-electron chi connectivity index (χ0n) is 15.2. The first-order valence-electron chi connectivity index (χ1n) is 8.67. The van der Waals surface area contributed by atoms with E-state index in [0.717, 1.165) is 36.8 Å². The van der Waals surface area contributed by atoms with Gasteiger partial charge in [0, 0.05) is 25.2 Å². The van der Waals surface area contributed by atoms with Crippen molar-refractivity contribution >= 4 is 17.3 Å². The summed E-state index contributed by atoms with van der Waals surface area (Å²) in [7, 11) is 3.25. The highest BCUT2D eigenvalue weighted by Gasteiger charge is 2.25. The topological polar surface area (TPSA) is 90.2 Å². The van der Waals surface area contributed by atoms with E-state index < -0.39 is 0 Å². The monoisotopic (exact) mass is 367 g/mol. The first-order valence-corrected chi connectivity index (χ1v) is 8.67. The molecule has 1 aromatic carbocycles. The first-order chi connectivity index (χ1) is 13.3. The Balaban J connectivity index is 1.50. The maximum atomic E-state index is 5.43. The highest BCUT2D eigenvalue weighted by atomic mass is 16.5. The Morgan fingerprint density at radius 2 is 2.04 bits per heavy atom. The molecular formula is C18H21N7O2. The van der Waals surface area contributed by atoms with Gasteiger partial charge in [-0.1, -0.05) is 0 Å². The minimum atomic E-state index is 0.306. The van der Waals surface area contributed by atoms with Crippen molar-refractivity contribution in [3.05, 3.63) is 43.2 Å². The number of rotatable bonds is 6. The number of nitrogens with zero attached hydrogens (tertiary/aromatic N) is 6. The highest BCUT2D eigenvalue weighted by molar-refractivity contribution is 5.67. The fraction of sp³-hybridized carbons (Fsp3) is 0.333. The Morgan fingerprint density at radius 1 is 1.11 bits per heavy atom. The molecule has 0 radical (unpaired) electrons. The third-order valence-corrected chi connectivity index (χ3v) is 4.62. The van der Waals surface area contributed by atoms with Crippen molar-refractivity contribution in [1.82, 2.24) is 24.7 Å². The van der Waals surface area contributed by atoms with Crippen LogP contribution in [-0.2, 0) is 0 Å². The molecule has 27 heavy (non-hydrogen) atoms. The van der Waals surface area contributed by atoms with Crippen LogP contribution in [0.2, 0.25) is 0 Å². The fourth-order valence-corrected chi connectivity index (χ4v) is 3.20. The number of aromatic nitrogens is 5. The lowest BCUT2D eigenvalue weighted by Gasteiger charge is -2.18. The van der Waals surface area contributed by atoms with Gasteiger partial charge in [-0.25, -0.2) is 19.6 Å². The van der Waals surface area contributed by atoms with E-state index in [9.17, 15) is 0 Å². The molecule has 9 heteroatoms. The van der Waals surface area contributed by atoms with E-state index in [1.807, 2.05) is 28.9 Å². The molecule has 1 saturated heterocycles. The summed E-state index contributed by atoms with van der Waals surface area (Å²) in [4.78, 5) is 15.0. The quantitative estimate of drug-likeness (QED) is 0.710. The average Bonchev–Trinajstić information content (AvgIpc) is 3.40. The Labute approximate surface area is 157 Å². The lowest BCUT2D eigenvalue weighted by Crippen LogP contribution is -2.22. The highest BCUT2D eigenvalue weighted by Crippen LogP contribution is 2.32. The van der Waals surface area contributed by atoms with E-state index in [2.05, 4.69) is 30.3 Å². The number of anilines is 3. The predicted octanol–water partition coefficient (Wildman–Crippen LogP) is 2.28. The Kier molecular flexibility index (Phi) is 4.73. The van der Waals surface area contributed by atoms with Crippen molar-refractivity contribution in [3.8, 4) is 11.5 Å². The minimum Gasteiger partial charge on any atom is -0.497 e. The molecule has 0 bridgehead atoms. The normalized spacial score (nSPS) is 16.4. The number of hydrogen-bond donors (Lipinski definition) is 1. The molecule has 2 aromatic heterocycles. The molecule has 1 atom stereocenters. The molecule has 3 heterocycles. The van der Waals surface area contributed by atoms with Crippen molar-refractivity contribution in [3.63, 3.8) is 0 Å². The Morgan fingerprint density at radius 3 is 2.81 bits per heavy atom. The van der Waals surface area contributed by atoms with E-state index in [1.165, 1.54) is 0 Å². The van der Waals surface area contributed by atoms with Gasteiger partial charge in [-0.05, 0) is 18.6 Å². The summed E-state index contributed by atoms with van der Waals surface area (Å²) in [5.41, 5.74) is 0.810. The molecular weight excluding hydrogens is 346 g/mol. The first kappa shape index (κ1) is 17.1. The average molecular weight is 367 g/mol. The van der Waals surface area contributed by atoms with E-state index in [4.69, 9.17) is 9.47 Å². The van der Waals surface area contributed by atoms with Gasteiger partial charge >= 0.3 is 0 Å². The van der Waals surface area contributed by atoms with Gasteiger partial charge in [-0.3, -0.25) is 0 Å². The molecule has 0 aliphatic carbocycles. The smallest absolute Gasteiger partial charge is 0.146 e. The fourth-order valence-electron chi connectivity index (χ4n) is 3.20. The molecule has 140 valence electrons. The SMILES string of the molecule is COc1ccc(Nc2cc(N3CCC(n4cncn4)C3)ncn2)c(OC)c1. The van der Waals surface area contributed by atoms with Gasteiger partial charge in [0.2, 0.25) is 0 Å². The van der Waals surface area contributed by atoms with E-state index in [1.54, 1.807) is 33.2 Å². The van der Waals surface area contributed by atoms with Crippen molar-refractivity contribution in [1.29, 1.82) is 0 Å². The van der Waals surface area contributed by atoms with E-state index >= 15 is 0 Å². The van der Waals surface area contributed by atoms with E-state index in [0.29, 0.717) is 17.6 Å². The second-order valence-corrected chi connectivity index (χ2v) is 6.22. The second-order valence-electron chi connectivity index (χ2n) is 6.22. The van der Waals surface area contributed by atoms with Crippen LogP contribution in [-0.4, -0.2) is 52.0 Å². The van der Waals surface area contributed by atoms with Crippen molar-refractivity contribution < 1.29 is 9.47 Å². The second kappa shape index (κ2) is 7.48. The maximum absolute atomic E-state index is 5.43. The van der Waals surface area contributed by atoms with Gasteiger partial charge in [-0.15, -0.1) is 0 Å². The molecule has 4 rings (SSSR count). The summed E-state index contributed by atoms with van der Waals surface area (Å²) in [6, 6.07) is 7.84. The van der Waals surface area contributed by atoms with E-state index in [-0.39, 0.29) is 0 Å². The number of nitrogens with one attached hydrogen (secondary N) is 1. The molecule has 3 aromatic rings. The molecule has 1 unspecified atom stereocenters. The van der Waals surface area contributed by atoms with Gasteiger partial charge in [0.25, 0.3) is 0 Å². The van der Waals surface area contributed by atoms with Crippen LogP contribution in [0.25, 0.3) is 0 Å². The minimum absolute atomic E-state index is 0.306. The molecule has 1 aliphatic rings. The van der Waals surface area contributed by atoms with Crippen LogP contribution in [0.1, 0.15) is 12.5 Å². The summed E-state index contributed by atoms with van der Waals surface area (Å²) in [5.74, 6) is 2.99. The molecule has 1 aliphatic heterocycles. The van der Waals surface area contributed by atoms with Gasteiger partial charge in [0.05, 0.1) is 25.9 Å². The summed E-state index contributed by atoms with van der Waals surface area (Å²) in [6.07, 6.45) is 5.90. The summed E-state index contributed by atoms with van der Waals surface area (Å²) >= 11 is 0. The summed E-state index contributed by atoms with van der Waals surface area (Å²) in [5, 5.41) is 7.53. The van der Waals surface area contributed by atoms with Crippen LogP contribution < -0.4 is 19.7 Å². The summed E-state index contributed by atoms with van der Waals surface area (Å²) in [6.45, 7) is 1.75. The van der Waals surface area contributed by atoms with Crippen LogP contribution in [0, 0.1) is 0 Å². The van der Waals surface area contributed by atoms with Gasteiger partial charge in [-0.2, -0.15) is 5.10 Å². The van der Waals surface area contributed by atoms with Gasteiger partial charge in [0.1, 0.15) is 42.1 Å². The molecule has 0 saturated carbocycles. The number of hydrogen-bond acceptors (Lipinski definition) is 8. The predicted molar refractivity (Wildman–Crippen MR) is 101 cm³/mol. The zero-order chi connectivity index (χ0) is 18.6. The Bertz CT molecular complexity index is 900. The summed E-state index contributed by atoms with van der Waals surface area (Å²) < 4.78 is 12.6. The van der Waals surface area contributed by atoms with Crippen LogP contribution in [0.4, 0.5) is 17.3 Å². The van der Waals surface area contributed by atoms with Gasteiger partial charge in [0.15, 0.2) is 0 Å². The van der Waals surface area contributed by atoms with Gasteiger partial charge < -0.3 is 19.7 Å². The third kappa shape index (κ3) is 3.62. The molecule has 0 spiro atoms. The Hall–Kier alpha value is -3.36. The van der Waals surface area contributed by atoms with Crippen molar-refractivity contribution in [2.45, 2.75) is 12.5 Å². The number of ether oxygens (including phenoxy) is 2. The molecule has 1 N–H and O–H groups in total. The third-order valence-electron chi connectivity index (χ3n) is 4.62. The maximum Gasteiger partial charge on any atom is 0.146 e. The van der Waals surface area contributed by atoms with Crippen molar-refractivity contribution in [2.75, 3.05) is 37.5 Å². The van der Waals surface area contributed by atoms with Crippen LogP contribution in [0.5, 0.6) is 11.5 Å². The largest absolute Gasteiger partial charge is 0.497 e. The zero-order valence-corrected chi connectivity index (χ0v) is 15.2. The van der Waals surface area contributed by atoms with Crippen LogP contribution in [0.3, 0.4) is 0 Å². The lowest BCUT2D eigenvalue weighted by atomic mass is 10.2. The molecule has 1 fully saturated rings. The van der Waals surface area contributed by atoms with Crippen LogP contribution >= 0.6 is 0 Å².